The summed E-state index contributed by atoms with van der Waals surface area (Å²) in [4.78, 5) is 15.2. The fraction of sp³-hybridized carbons (Fsp3) is 0.400. The van der Waals surface area contributed by atoms with Gasteiger partial charge >= 0.3 is 0 Å². The highest BCUT2D eigenvalue weighted by molar-refractivity contribution is 6.29. The van der Waals surface area contributed by atoms with Gasteiger partial charge < -0.3 is 5.73 Å². The second-order valence-electron chi connectivity index (χ2n) is 3.59. The maximum atomic E-state index is 11.1. The zero-order valence-corrected chi connectivity index (χ0v) is 9.01. The highest BCUT2D eigenvalue weighted by Gasteiger charge is 2.11. The van der Waals surface area contributed by atoms with E-state index in [4.69, 9.17) is 17.3 Å². The van der Waals surface area contributed by atoms with Crippen molar-refractivity contribution in [1.82, 2.24) is 4.98 Å². The topological polar surface area (TPSA) is 56.0 Å². The van der Waals surface area contributed by atoms with Crippen LogP contribution in [0.3, 0.4) is 0 Å². The van der Waals surface area contributed by atoms with Crippen molar-refractivity contribution < 1.29 is 4.79 Å². The molecule has 0 aliphatic heterocycles. The van der Waals surface area contributed by atoms with E-state index in [1.165, 1.54) is 0 Å². The number of nitrogens with two attached hydrogens (primary N) is 1. The van der Waals surface area contributed by atoms with Crippen molar-refractivity contribution in [3.63, 3.8) is 0 Å². The van der Waals surface area contributed by atoms with Crippen molar-refractivity contribution in [2.45, 2.75) is 20.3 Å². The van der Waals surface area contributed by atoms with Gasteiger partial charge in [-0.25, -0.2) is 4.98 Å². The molecule has 0 saturated heterocycles. The molecular weight excluding hydrogens is 200 g/mol. The number of halogens is 1. The van der Waals surface area contributed by atoms with Crippen LogP contribution in [-0.4, -0.2) is 10.9 Å². The van der Waals surface area contributed by atoms with Gasteiger partial charge in [0.25, 0.3) is 5.91 Å². The molecule has 0 aliphatic carbocycles. The van der Waals surface area contributed by atoms with E-state index < -0.39 is 5.91 Å². The zero-order chi connectivity index (χ0) is 10.7. The van der Waals surface area contributed by atoms with Crippen LogP contribution in [0.2, 0.25) is 5.15 Å². The quantitative estimate of drug-likeness (QED) is 0.780. The van der Waals surface area contributed by atoms with E-state index in [-0.39, 0.29) is 0 Å². The number of nitrogens with zero attached hydrogens (tertiary/aromatic N) is 1. The van der Waals surface area contributed by atoms with E-state index in [0.717, 1.165) is 0 Å². The van der Waals surface area contributed by atoms with Crippen molar-refractivity contribution in [2.75, 3.05) is 0 Å². The van der Waals surface area contributed by atoms with E-state index >= 15 is 0 Å². The monoisotopic (exact) mass is 212 g/mol. The molecule has 0 spiro atoms. The fourth-order valence-corrected chi connectivity index (χ4v) is 1.41. The minimum Gasteiger partial charge on any atom is -0.366 e. The lowest BCUT2D eigenvalue weighted by atomic mass is 10.0. The maximum absolute atomic E-state index is 11.1. The van der Waals surface area contributed by atoms with Gasteiger partial charge in [0.05, 0.1) is 11.3 Å². The first-order valence-corrected chi connectivity index (χ1v) is 4.83. The van der Waals surface area contributed by atoms with Crippen molar-refractivity contribution in [3.05, 3.63) is 28.5 Å². The number of hydrogen-bond acceptors (Lipinski definition) is 2. The molecule has 1 amide bonds. The Bertz CT molecular complexity index is 350. The first kappa shape index (κ1) is 11.0. The summed E-state index contributed by atoms with van der Waals surface area (Å²) >= 11 is 5.74. The molecule has 14 heavy (non-hydrogen) atoms. The van der Waals surface area contributed by atoms with Crippen LogP contribution in [0.25, 0.3) is 0 Å². The average molecular weight is 213 g/mol. The number of carbonyl (C=O) groups excluding carboxylic acids is 1. The number of carbonyl (C=O) groups is 1. The summed E-state index contributed by atoms with van der Waals surface area (Å²) in [5, 5.41) is 0.394. The van der Waals surface area contributed by atoms with Crippen LogP contribution in [0.5, 0.6) is 0 Å². The first-order valence-electron chi connectivity index (χ1n) is 4.46. The lowest BCUT2D eigenvalue weighted by Crippen LogP contribution is -2.15. The normalized spacial score (nSPS) is 10.6. The summed E-state index contributed by atoms with van der Waals surface area (Å²) < 4.78 is 0. The van der Waals surface area contributed by atoms with Gasteiger partial charge in [-0.3, -0.25) is 4.79 Å². The lowest BCUT2D eigenvalue weighted by Gasteiger charge is -2.08. The van der Waals surface area contributed by atoms with Crippen molar-refractivity contribution in [2.24, 2.45) is 11.7 Å². The Morgan fingerprint density at radius 2 is 2.21 bits per heavy atom. The molecule has 0 fully saturated rings. The minimum absolute atomic E-state index is 0.394. The molecular formula is C10H13ClN2O. The molecule has 0 saturated carbocycles. The Labute approximate surface area is 88.3 Å². The largest absolute Gasteiger partial charge is 0.366 e. The van der Waals surface area contributed by atoms with Crippen molar-refractivity contribution in [3.8, 4) is 0 Å². The van der Waals surface area contributed by atoms with E-state index in [0.29, 0.717) is 28.7 Å². The van der Waals surface area contributed by atoms with Crippen molar-refractivity contribution >= 4 is 17.5 Å². The number of amides is 1. The standard InChI is InChI=1S/C10H13ClN2O/c1-6(2)5-8-7(10(12)14)3-4-9(11)13-8/h3-4,6H,5H2,1-2H3,(H2,12,14). The summed E-state index contributed by atoms with van der Waals surface area (Å²) in [6.45, 7) is 4.10. The molecule has 0 aliphatic rings. The van der Waals surface area contributed by atoms with Crippen LogP contribution >= 0.6 is 11.6 Å². The van der Waals surface area contributed by atoms with Crippen LogP contribution in [0.4, 0.5) is 0 Å². The molecule has 0 bridgehead atoms. The predicted molar refractivity (Wildman–Crippen MR) is 56.3 cm³/mol. The van der Waals surface area contributed by atoms with E-state index in [1.807, 2.05) is 13.8 Å². The highest BCUT2D eigenvalue weighted by atomic mass is 35.5. The summed E-state index contributed by atoms with van der Waals surface area (Å²) in [5.74, 6) is -0.0381. The second-order valence-corrected chi connectivity index (χ2v) is 3.98. The van der Waals surface area contributed by atoms with Crippen LogP contribution in [0, 0.1) is 5.92 Å². The van der Waals surface area contributed by atoms with Crippen LogP contribution in [0.15, 0.2) is 12.1 Å². The average Bonchev–Trinajstić information content (AvgIpc) is 2.01. The molecule has 1 rings (SSSR count). The van der Waals surface area contributed by atoms with Gasteiger partial charge in [0.2, 0.25) is 0 Å². The lowest BCUT2D eigenvalue weighted by molar-refractivity contribution is 0.0999. The summed E-state index contributed by atoms with van der Waals surface area (Å²) in [6, 6.07) is 3.20. The molecule has 0 unspecified atom stereocenters. The molecule has 76 valence electrons. The molecule has 0 atom stereocenters. The second kappa shape index (κ2) is 4.42. The Morgan fingerprint density at radius 3 is 2.71 bits per heavy atom. The SMILES string of the molecule is CC(C)Cc1nc(Cl)ccc1C(N)=O. The van der Waals surface area contributed by atoms with E-state index in [2.05, 4.69) is 4.98 Å². The first-order chi connectivity index (χ1) is 6.50. The number of pyridine rings is 1. The molecule has 4 heteroatoms. The molecule has 1 aromatic heterocycles. The maximum Gasteiger partial charge on any atom is 0.250 e. The van der Waals surface area contributed by atoms with E-state index in [9.17, 15) is 4.79 Å². The number of hydrogen-bond donors (Lipinski definition) is 1. The highest BCUT2D eigenvalue weighted by Crippen LogP contribution is 2.14. The molecule has 1 heterocycles. The van der Waals surface area contributed by atoms with Gasteiger partial charge in [-0.15, -0.1) is 0 Å². The number of aromatic nitrogens is 1. The molecule has 2 N–H and O–H groups in total. The molecule has 1 aromatic rings. The summed E-state index contributed by atoms with van der Waals surface area (Å²) in [5.41, 5.74) is 6.36. The molecule has 0 radical (unpaired) electrons. The third kappa shape index (κ3) is 2.70. The van der Waals surface area contributed by atoms with Crippen LogP contribution in [0.1, 0.15) is 29.9 Å². The van der Waals surface area contributed by atoms with Gasteiger partial charge in [-0.2, -0.15) is 0 Å². The molecule has 3 nitrogen and oxygen atoms in total. The van der Waals surface area contributed by atoms with Gasteiger partial charge in [0.15, 0.2) is 0 Å². The smallest absolute Gasteiger partial charge is 0.250 e. The summed E-state index contributed by atoms with van der Waals surface area (Å²) in [6.07, 6.45) is 0.707. The van der Waals surface area contributed by atoms with Crippen LogP contribution in [-0.2, 0) is 6.42 Å². The number of primary amides is 1. The Morgan fingerprint density at radius 1 is 1.57 bits per heavy atom. The minimum atomic E-state index is -0.454. The third-order valence-corrected chi connectivity index (χ3v) is 2.02. The third-order valence-electron chi connectivity index (χ3n) is 1.81. The molecule has 0 aromatic carbocycles. The predicted octanol–water partition coefficient (Wildman–Crippen LogP) is 2.03. The Hall–Kier alpha value is -1.09. The Kier molecular flexibility index (Phi) is 3.47. The van der Waals surface area contributed by atoms with Gasteiger partial charge in [0.1, 0.15) is 5.15 Å². The van der Waals surface area contributed by atoms with E-state index in [1.54, 1.807) is 12.1 Å². The van der Waals surface area contributed by atoms with Crippen LogP contribution < -0.4 is 5.73 Å². The summed E-state index contributed by atoms with van der Waals surface area (Å²) in [7, 11) is 0. The zero-order valence-electron chi connectivity index (χ0n) is 8.25. The van der Waals surface area contributed by atoms with Crippen molar-refractivity contribution in [1.29, 1.82) is 0 Å². The fourth-order valence-electron chi connectivity index (χ4n) is 1.24. The van der Waals surface area contributed by atoms with Gasteiger partial charge in [0, 0.05) is 0 Å². The van der Waals surface area contributed by atoms with Gasteiger partial charge in [-0.1, -0.05) is 25.4 Å². The number of rotatable bonds is 3. The Balaban J connectivity index is 3.09. The van der Waals surface area contributed by atoms with Gasteiger partial charge in [-0.05, 0) is 24.5 Å².